The summed E-state index contributed by atoms with van der Waals surface area (Å²) in [6.07, 6.45) is 2.59. The van der Waals surface area contributed by atoms with E-state index in [4.69, 9.17) is 14.4 Å². The highest BCUT2D eigenvalue weighted by atomic mass is 16.5. The van der Waals surface area contributed by atoms with Crippen LogP contribution in [0.3, 0.4) is 0 Å². The van der Waals surface area contributed by atoms with E-state index in [1.165, 1.54) is 6.08 Å². The van der Waals surface area contributed by atoms with E-state index in [0.717, 1.165) is 17.4 Å². The highest BCUT2D eigenvalue weighted by Crippen LogP contribution is 2.16. The van der Waals surface area contributed by atoms with Gasteiger partial charge in [0.25, 0.3) is 0 Å². The van der Waals surface area contributed by atoms with E-state index in [2.05, 4.69) is 5.16 Å². The van der Waals surface area contributed by atoms with Crippen LogP contribution in [-0.2, 0) is 11.4 Å². The predicted octanol–water partition coefficient (Wildman–Crippen LogP) is 2.66. The molecule has 2 rings (SSSR count). The van der Waals surface area contributed by atoms with Crippen LogP contribution in [-0.4, -0.2) is 16.2 Å². The van der Waals surface area contributed by atoms with Gasteiger partial charge in [-0.1, -0.05) is 17.3 Å². The van der Waals surface area contributed by atoms with E-state index < -0.39 is 5.97 Å². The molecule has 0 aliphatic carbocycles. The molecule has 1 aromatic heterocycles. The Morgan fingerprint density at radius 3 is 3.00 bits per heavy atom. The average Bonchev–Trinajstić information content (AvgIpc) is 2.80. The van der Waals surface area contributed by atoms with E-state index in [9.17, 15) is 4.79 Å². The van der Waals surface area contributed by atoms with Crippen LogP contribution in [0, 0.1) is 6.92 Å². The number of aromatic nitrogens is 1. The number of rotatable bonds is 5. The van der Waals surface area contributed by atoms with Crippen molar-refractivity contribution in [3.8, 4) is 5.75 Å². The molecule has 0 saturated heterocycles. The lowest BCUT2D eigenvalue weighted by atomic mass is 10.2. The van der Waals surface area contributed by atoms with Gasteiger partial charge in [-0.05, 0) is 30.7 Å². The number of aliphatic carboxylic acids is 1. The Morgan fingerprint density at radius 2 is 2.32 bits per heavy atom. The van der Waals surface area contributed by atoms with Gasteiger partial charge in [0.1, 0.15) is 23.8 Å². The second-order valence-corrected chi connectivity index (χ2v) is 3.96. The van der Waals surface area contributed by atoms with E-state index >= 15 is 0 Å². The van der Waals surface area contributed by atoms with Crippen LogP contribution >= 0.6 is 0 Å². The first kappa shape index (κ1) is 12.9. The standard InChI is InChI=1S/C14H13NO4/c1-10-7-12(15-19-10)9-18-13-4-2-3-11(8-13)5-6-14(16)17/h2-8H,9H2,1H3,(H,16,17)/b6-5+. The minimum atomic E-state index is -0.982. The van der Waals surface area contributed by atoms with Gasteiger partial charge in [-0.2, -0.15) is 0 Å². The largest absolute Gasteiger partial charge is 0.487 e. The van der Waals surface area contributed by atoms with Crippen molar-refractivity contribution in [3.05, 3.63) is 53.4 Å². The van der Waals surface area contributed by atoms with Gasteiger partial charge in [-0.25, -0.2) is 4.79 Å². The number of ether oxygens (including phenoxy) is 1. The lowest BCUT2D eigenvalue weighted by molar-refractivity contribution is -0.131. The van der Waals surface area contributed by atoms with Gasteiger partial charge in [-0.15, -0.1) is 0 Å². The molecule has 0 radical (unpaired) electrons. The molecule has 0 atom stereocenters. The van der Waals surface area contributed by atoms with Gasteiger partial charge >= 0.3 is 5.97 Å². The lowest BCUT2D eigenvalue weighted by Crippen LogP contribution is -1.95. The van der Waals surface area contributed by atoms with Crippen molar-refractivity contribution in [1.82, 2.24) is 5.16 Å². The van der Waals surface area contributed by atoms with Crippen molar-refractivity contribution in [2.75, 3.05) is 0 Å². The minimum Gasteiger partial charge on any atom is -0.487 e. The quantitative estimate of drug-likeness (QED) is 0.836. The third-order valence-electron chi connectivity index (χ3n) is 2.34. The highest BCUT2D eigenvalue weighted by molar-refractivity contribution is 5.85. The number of hydrogen-bond donors (Lipinski definition) is 1. The lowest BCUT2D eigenvalue weighted by Gasteiger charge is -2.04. The number of carbonyl (C=O) groups is 1. The number of benzene rings is 1. The molecule has 1 aromatic carbocycles. The van der Waals surface area contributed by atoms with Crippen LogP contribution in [0.5, 0.6) is 5.75 Å². The molecule has 98 valence electrons. The molecule has 19 heavy (non-hydrogen) atoms. The Bertz CT molecular complexity index is 601. The van der Waals surface area contributed by atoms with Crippen molar-refractivity contribution in [2.45, 2.75) is 13.5 Å². The summed E-state index contributed by atoms with van der Waals surface area (Å²) in [5.74, 6) is 0.398. The van der Waals surface area contributed by atoms with Gasteiger partial charge in [0.2, 0.25) is 0 Å². The van der Waals surface area contributed by atoms with Crippen LogP contribution < -0.4 is 4.74 Å². The fourth-order valence-corrected chi connectivity index (χ4v) is 1.52. The molecular weight excluding hydrogens is 246 g/mol. The van der Waals surface area contributed by atoms with Gasteiger partial charge in [0.15, 0.2) is 0 Å². The topological polar surface area (TPSA) is 72.6 Å². The zero-order valence-corrected chi connectivity index (χ0v) is 10.4. The molecule has 0 saturated carbocycles. The molecule has 0 fully saturated rings. The Kier molecular flexibility index (Phi) is 3.97. The predicted molar refractivity (Wildman–Crippen MR) is 68.7 cm³/mol. The molecule has 5 nitrogen and oxygen atoms in total. The van der Waals surface area contributed by atoms with Crippen molar-refractivity contribution < 1.29 is 19.2 Å². The molecule has 5 heteroatoms. The Balaban J connectivity index is 2.00. The molecule has 0 unspecified atom stereocenters. The van der Waals surface area contributed by atoms with Crippen LogP contribution in [0.4, 0.5) is 0 Å². The fraction of sp³-hybridized carbons (Fsp3) is 0.143. The van der Waals surface area contributed by atoms with Crippen LogP contribution in [0.1, 0.15) is 17.0 Å². The summed E-state index contributed by atoms with van der Waals surface area (Å²) in [5.41, 5.74) is 1.47. The first-order chi connectivity index (χ1) is 9.13. The van der Waals surface area contributed by atoms with Gasteiger partial charge < -0.3 is 14.4 Å². The maximum Gasteiger partial charge on any atom is 0.328 e. The highest BCUT2D eigenvalue weighted by Gasteiger charge is 2.01. The van der Waals surface area contributed by atoms with Gasteiger partial charge in [0.05, 0.1) is 0 Å². The molecule has 0 spiro atoms. The Labute approximate surface area is 110 Å². The Morgan fingerprint density at radius 1 is 1.47 bits per heavy atom. The minimum absolute atomic E-state index is 0.309. The van der Waals surface area contributed by atoms with Crippen molar-refractivity contribution in [2.24, 2.45) is 0 Å². The third kappa shape index (κ3) is 3.99. The first-order valence-electron chi connectivity index (χ1n) is 5.69. The summed E-state index contributed by atoms with van der Waals surface area (Å²) in [6.45, 7) is 2.12. The van der Waals surface area contributed by atoms with Crippen LogP contribution in [0.15, 0.2) is 40.9 Å². The average molecular weight is 259 g/mol. The molecule has 0 aliphatic rings. The van der Waals surface area contributed by atoms with Crippen LogP contribution in [0.2, 0.25) is 0 Å². The number of nitrogens with zero attached hydrogens (tertiary/aromatic N) is 1. The van der Waals surface area contributed by atoms with E-state index in [1.54, 1.807) is 30.3 Å². The van der Waals surface area contributed by atoms with E-state index in [-0.39, 0.29) is 0 Å². The second kappa shape index (κ2) is 5.86. The summed E-state index contributed by atoms with van der Waals surface area (Å²) in [7, 11) is 0. The molecule has 0 aliphatic heterocycles. The molecule has 0 amide bonds. The molecule has 2 aromatic rings. The zero-order valence-electron chi connectivity index (χ0n) is 10.4. The van der Waals surface area contributed by atoms with Gasteiger partial charge in [-0.3, -0.25) is 0 Å². The molecule has 0 bridgehead atoms. The maximum atomic E-state index is 10.4. The van der Waals surface area contributed by atoms with E-state index in [0.29, 0.717) is 18.1 Å². The van der Waals surface area contributed by atoms with Crippen molar-refractivity contribution >= 4 is 12.0 Å². The number of carboxylic acid groups (broad SMARTS) is 1. The maximum absolute atomic E-state index is 10.4. The zero-order chi connectivity index (χ0) is 13.7. The summed E-state index contributed by atoms with van der Waals surface area (Å²) in [6, 6.07) is 8.95. The molecular formula is C14H13NO4. The molecule has 1 N–H and O–H groups in total. The molecule has 1 heterocycles. The SMILES string of the molecule is Cc1cc(COc2cccc(/C=C/C(=O)O)c2)no1. The van der Waals surface area contributed by atoms with Crippen LogP contribution in [0.25, 0.3) is 6.08 Å². The second-order valence-electron chi connectivity index (χ2n) is 3.96. The van der Waals surface area contributed by atoms with Gasteiger partial charge in [0, 0.05) is 12.1 Å². The summed E-state index contributed by atoms with van der Waals surface area (Å²) >= 11 is 0. The monoisotopic (exact) mass is 259 g/mol. The van der Waals surface area contributed by atoms with E-state index in [1.807, 2.05) is 6.92 Å². The summed E-state index contributed by atoms with van der Waals surface area (Å²) < 4.78 is 10.5. The third-order valence-corrected chi connectivity index (χ3v) is 2.34. The number of hydrogen-bond acceptors (Lipinski definition) is 4. The summed E-state index contributed by atoms with van der Waals surface area (Å²) in [4.78, 5) is 10.4. The van der Waals surface area contributed by atoms with Crippen molar-refractivity contribution in [3.63, 3.8) is 0 Å². The number of aryl methyl sites for hydroxylation is 1. The smallest absolute Gasteiger partial charge is 0.328 e. The number of carboxylic acids is 1. The fourth-order valence-electron chi connectivity index (χ4n) is 1.52. The Hall–Kier alpha value is -2.56. The van der Waals surface area contributed by atoms with Crippen molar-refractivity contribution in [1.29, 1.82) is 0 Å². The first-order valence-corrected chi connectivity index (χ1v) is 5.69. The normalized spacial score (nSPS) is 10.8. The summed E-state index contributed by atoms with van der Waals surface area (Å²) in [5, 5.41) is 12.4.